The molecule has 1 aliphatic rings. The number of aliphatic carboxylic acids is 1. The Balaban J connectivity index is 2.29. The topological polar surface area (TPSA) is 92.5 Å². The van der Waals surface area contributed by atoms with Crippen LogP contribution >= 0.6 is 0 Å². The molecular formula is C13H21N3O4S. The first-order chi connectivity index (χ1) is 9.73. The van der Waals surface area contributed by atoms with Crippen molar-refractivity contribution in [3.63, 3.8) is 0 Å². The minimum Gasteiger partial charge on any atom is -0.481 e. The van der Waals surface area contributed by atoms with Gasteiger partial charge in [-0.25, -0.2) is 13.4 Å². The number of aromatic nitrogens is 2. The van der Waals surface area contributed by atoms with E-state index in [-0.39, 0.29) is 18.1 Å². The molecule has 1 unspecified atom stereocenters. The quantitative estimate of drug-likeness (QED) is 0.875. The third-order valence-electron chi connectivity index (χ3n) is 4.19. The van der Waals surface area contributed by atoms with Gasteiger partial charge in [0.25, 0.3) is 10.0 Å². The maximum atomic E-state index is 12.6. The van der Waals surface area contributed by atoms with Gasteiger partial charge < -0.3 is 9.67 Å². The molecule has 0 amide bonds. The fourth-order valence-electron chi connectivity index (χ4n) is 2.79. The zero-order chi connectivity index (χ0) is 15.8. The van der Waals surface area contributed by atoms with Crippen molar-refractivity contribution in [2.75, 3.05) is 13.1 Å². The smallest absolute Gasteiger partial charge is 0.311 e. The highest BCUT2D eigenvalue weighted by Crippen LogP contribution is 2.37. The Hall–Kier alpha value is -1.41. The molecule has 0 bridgehead atoms. The van der Waals surface area contributed by atoms with Crippen molar-refractivity contribution in [2.24, 2.45) is 12.5 Å². The van der Waals surface area contributed by atoms with Crippen molar-refractivity contribution < 1.29 is 18.3 Å². The van der Waals surface area contributed by atoms with Crippen molar-refractivity contribution in [2.45, 2.75) is 38.1 Å². The van der Waals surface area contributed by atoms with E-state index in [1.807, 2.05) is 6.92 Å². The number of sulfonamides is 1. The van der Waals surface area contributed by atoms with Gasteiger partial charge in [0, 0.05) is 26.3 Å². The summed E-state index contributed by atoms with van der Waals surface area (Å²) < 4.78 is 28.0. The standard InChI is InChI=1S/C13H21N3O4S/c1-4-5-13(12(17)18)6-7-16(9-13)21(19,20)11-8-15(3)10(2)14-11/h8H,4-7,9H2,1-3H3,(H,17,18). The molecule has 1 atom stereocenters. The lowest BCUT2D eigenvalue weighted by Gasteiger charge is -2.23. The number of rotatable bonds is 5. The van der Waals surface area contributed by atoms with E-state index in [2.05, 4.69) is 4.98 Å². The number of carbonyl (C=O) groups is 1. The van der Waals surface area contributed by atoms with E-state index in [0.717, 1.165) is 0 Å². The Bertz CT molecular complexity index is 633. The Labute approximate surface area is 124 Å². The van der Waals surface area contributed by atoms with Crippen LogP contribution in [0.15, 0.2) is 11.2 Å². The van der Waals surface area contributed by atoms with Crippen molar-refractivity contribution in [1.29, 1.82) is 0 Å². The van der Waals surface area contributed by atoms with Crippen LogP contribution in [0.2, 0.25) is 0 Å². The Morgan fingerprint density at radius 3 is 2.67 bits per heavy atom. The summed E-state index contributed by atoms with van der Waals surface area (Å²) in [4.78, 5) is 15.6. The van der Waals surface area contributed by atoms with Gasteiger partial charge in [0.15, 0.2) is 5.03 Å². The average Bonchev–Trinajstić information content (AvgIpc) is 2.97. The monoisotopic (exact) mass is 315 g/mol. The summed E-state index contributed by atoms with van der Waals surface area (Å²) in [7, 11) is -2.00. The predicted octanol–water partition coefficient (Wildman–Crippen LogP) is 0.994. The first kappa shape index (κ1) is 16.0. The predicted molar refractivity (Wildman–Crippen MR) is 76.3 cm³/mol. The van der Waals surface area contributed by atoms with Crippen LogP contribution in [0.25, 0.3) is 0 Å². The summed E-state index contributed by atoms with van der Waals surface area (Å²) in [5.41, 5.74) is -0.967. The fraction of sp³-hybridized carbons (Fsp3) is 0.692. The molecule has 0 saturated carbocycles. The second-order valence-corrected chi connectivity index (χ2v) is 7.55. The lowest BCUT2D eigenvalue weighted by Crippen LogP contribution is -2.37. The molecule has 1 fully saturated rings. The zero-order valence-electron chi connectivity index (χ0n) is 12.5. The number of nitrogens with zero attached hydrogens (tertiary/aromatic N) is 3. The van der Waals surface area contributed by atoms with E-state index < -0.39 is 21.4 Å². The van der Waals surface area contributed by atoms with Gasteiger partial charge in [0.2, 0.25) is 0 Å². The maximum Gasteiger partial charge on any atom is 0.311 e. The van der Waals surface area contributed by atoms with Crippen LogP contribution in [-0.4, -0.2) is 46.4 Å². The van der Waals surface area contributed by atoms with Gasteiger partial charge in [0.05, 0.1) is 5.41 Å². The van der Waals surface area contributed by atoms with Gasteiger partial charge in [0.1, 0.15) is 5.82 Å². The number of imidazole rings is 1. The van der Waals surface area contributed by atoms with Crippen LogP contribution in [-0.2, 0) is 21.9 Å². The number of carboxylic acid groups (broad SMARTS) is 1. The summed E-state index contributed by atoms with van der Waals surface area (Å²) >= 11 is 0. The molecule has 118 valence electrons. The molecule has 8 heteroatoms. The lowest BCUT2D eigenvalue weighted by molar-refractivity contribution is -0.148. The molecule has 2 heterocycles. The minimum atomic E-state index is -3.73. The van der Waals surface area contributed by atoms with Crippen molar-refractivity contribution in [3.05, 3.63) is 12.0 Å². The SMILES string of the molecule is CCCC1(C(=O)O)CCN(S(=O)(=O)c2cn(C)c(C)n2)C1. The minimum absolute atomic E-state index is 0.0137. The molecule has 7 nitrogen and oxygen atoms in total. The lowest BCUT2D eigenvalue weighted by atomic mass is 9.83. The van der Waals surface area contributed by atoms with Crippen LogP contribution in [0.4, 0.5) is 0 Å². The fourth-order valence-corrected chi connectivity index (χ4v) is 4.34. The van der Waals surface area contributed by atoms with Gasteiger partial charge in [-0.3, -0.25) is 4.79 Å². The van der Waals surface area contributed by atoms with Crippen molar-refractivity contribution in [1.82, 2.24) is 13.9 Å². The molecule has 1 aromatic heterocycles. The zero-order valence-corrected chi connectivity index (χ0v) is 13.4. The van der Waals surface area contributed by atoms with Crippen LogP contribution in [0.3, 0.4) is 0 Å². The molecule has 0 spiro atoms. The highest BCUT2D eigenvalue weighted by Gasteiger charge is 2.48. The second kappa shape index (κ2) is 5.42. The molecule has 1 aliphatic heterocycles. The largest absolute Gasteiger partial charge is 0.481 e. The summed E-state index contributed by atoms with van der Waals surface area (Å²) in [5, 5.41) is 9.44. The van der Waals surface area contributed by atoms with E-state index in [4.69, 9.17) is 0 Å². The third-order valence-corrected chi connectivity index (χ3v) is 5.91. The Kier molecular flexibility index (Phi) is 4.12. The molecule has 21 heavy (non-hydrogen) atoms. The molecular weight excluding hydrogens is 294 g/mol. The summed E-state index contributed by atoms with van der Waals surface area (Å²) in [6, 6.07) is 0. The van der Waals surface area contributed by atoms with Crippen LogP contribution in [0.5, 0.6) is 0 Å². The third kappa shape index (κ3) is 2.69. The van der Waals surface area contributed by atoms with Gasteiger partial charge in [-0.05, 0) is 19.8 Å². The van der Waals surface area contributed by atoms with E-state index in [1.165, 1.54) is 10.5 Å². The molecule has 2 rings (SSSR count). The molecule has 0 radical (unpaired) electrons. The number of hydrogen-bond acceptors (Lipinski definition) is 4. The molecule has 1 aromatic rings. The highest BCUT2D eigenvalue weighted by molar-refractivity contribution is 7.89. The van der Waals surface area contributed by atoms with Crippen LogP contribution in [0.1, 0.15) is 32.0 Å². The molecule has 1 N–H and O–H groups in total. The highest BCUT2D eigenvalue weighted by atomic mass is 32.2. The first-order valence-corrected chi connectivity index (χ1v) is 8.40. The van der Waals surface area contributed by atoms with E-state index in [0.29, 0.717) is 25.1 Å². The van der Waals surface area contributed by atoms with Gasteiger partial charge in [-0.2, -0.15) is 4.31 Å². The van der Waals surface area contributed by atoms with Crippen molar-refractivity contribution in [3.8, 4) is 0 Å². The second-order valence-electron chi connectivity index (χ2n) is 5.66. The van der Waals surface area contributed by atoms with Gasteiger partial charge >= 0.3 is 5.97 Å². The van der Waals surface area contributed by atoms with E-state index >= 15 is 0 Å². The Morgan fingerprint density at radius 2 is 2.19 bits per heavy atom. The Morgan fingerprint density at radius 1 is 1.52 bits per heavy atom. The number of aryl methyl sites for hydroxylation is 2. The normalized spacial score (nSPS) is 23.6. The molecule has 1 saturated heterocycles. The summed E-state index contributed by atoms with van der Waals surface area (Å²) in [5.74, 6) is -0.315. The molecule has 0 aromatic carbocycles. The van der Waals surface area contributed by atoms with Crippen molar-refractivity contribution >= 4 is 16.0 Å². The summed E-state index contributed by atoms with van der Waals surface area (Å²) in [6.07, 6.45) is 3.00. The van der Waals surface area contributed by atoms with Crippen LogP contribution < -0.4 is 0 Å². The van der Waals surface area contributed by atoms with E-state index in [1.54, 1.807) is 18.5 Å². The maximum absolute atomic E-state index is 12.6. The van der Waals surface area contributed by atoms with Crippen LogP contribution in [0, 0.1) is 12.3 Å². The van der Waals surface area contributed by atoms with Gasteiger partial charge in [-0.15, -0.1) is 0 Å². The van der Waals surface area contributed by atoms with E-state index in [9.17, 15) is 18.3 Å². The number of carboxylic acids is 1. The summed E-state index contributed by atoms with van der Waals surface area (Å²) in [6.45, 7) is 3.88. The number of hydrogen-bond donors (Lipinski definition) is 1. The van der Waals surface area contributed by atoms with Gasteiger partial charge in [-0.1, -0.05) is 13.3 Å². The molecule has 0 aliphatic carbocycles. The first-order valence-electron chi connectivity index (χ1n) is 6.96. The average molecular weight is 315 g/mol.